The molecule has 3 heteroatoms. The Morgan fingerprint density at radius 2 is 1.95 bits per heavy atom. The van der Waals surface area contributed by atoms with Crippen molar-refractivity contribution in [2.24, 2.45) is 0 Å². The number of rotatable bonds is 4. The van der Waals surface area contributed by atoms with Crippen molar-refractivity contribution in [1.82, 2.24) is 4.57 Å². The van der Waals surface area contributed by atoms with E-state index in [0.29, 0.717) is 12.5 Å². The zero-order valence-electron chi connectivity index (χ0n) is 12.4. The molecule has 0 saturated carbocycles. The van der Waals surface area contributed by atoms with Gasteiger partial charge in [0.25, 0.3) is 0 Å². The Hall–Kier alpha value is -1.48. The van der Waals surface area contributed by atoms with E-state index in [-0.39, 0.29) is 0 Å². The largest absolute Gasteiger partial charge is 0.497 e. The Morgan fingerprint density at radius 3 is 2.47 bits per heavy atom. The van der Waals surface area contributed by atoms with E-state index in [0.717, 1.165) is 16.8 Å². The molecule has 0 amide bonds. The average Bonchev–Trinajstić information content (AvgIpc) is 2.62. The standard InChI is InChI=1S/C16H23NO2/c1-11(2)17-13(10-16(3,4)18)8-12-9-14(19-5)6-7-15(12)17/h6-9,11,18H,10H2,1-5H3. The van der Waals surface area contributed by atoms with Crippen molar-refractivity contribution in [2.45, 2.75) is 45.8 Å². The molecule has 0 aliphatic carbocycles. The average molecular weight is 261 g/mol. The van der Waals surface area contributed by atoms with Crippen LogP contribution in [-0.4, -0.2) is 22.4 Å². The van der Waals surface area contributed by atoms with Crippen LogP contribution < -0.4 is 4.74 Å². The highest BCUT2D eigenvalue weighted by Crippen LogP contribution is 2.29. The second-order valence-electron chi connectivity index (χ2n) is 6.01. The second kappa shape index (κ2) is 4.89. The lowest BCUT2D eigenvalue weighted by Crippen LogP contribution is -2.24. The SMILES string of the molecule is COc1ccc2c(c1)cc(CC(C)(C)O)n2C(C)C. The van der Waals surface area contributed by atoms with Crippen LogP contribution in [-0.2, 0) is 6.42 Å². The molecule has 2 aromatic rings. The Bertz CT molecular complexity index is 576. The quantitative estimate of drug-likeness (QED) is 0.913. The molecular weight excluding hydrogens is 238 g/mol. The van der Waals surface area contributed by atoms with Gasteiger partial charge in [-0.25, -0.2) is 0 Å². The van der Waals surface area contributed by atoms with Gasteiger partial charge in [-0.3, -0.25) is 0 Å². The second-order valence-corrected chi connectivity index (χ2v) is 6.01. The summed E-state index contributed by atoms with van der Waals surface area (Å²) < 4.78 is 7.56. The van der Waals surface area contributed by atoms with Crippen molar-refractivity contribution < 1.29 is 9.84 Å². The van der Waals surface area contributed by atoms with Crippen molar-refractivity contribution in [2.75, 3.05) is 7.11 Å². The molecule has 0 fully saturated rings. The predicted molar refractivity (Wildman–Crippen MR) is 78.9 cm³/mol. The maximum Gasteiger partial charge on any atom is 0.119 e. The first-order valence-electron chi connectivity index (χ1n) is 6.72. The normalized spacial score (nSPS) is 12.4. The van der Waals surface area contributed by atoms with Crippen LogP contribution in [0.5, 0.6) is 5.75 Å². The van der Waals surface area contributed by atoms with Gasteiger partial charge in [-0.1, -0.05) is 0 Å². The molecule has 1 aromatic heterocycles. The van der Waals surface area contributed by atoms with Crippen LogP contribution in [0.4, 0.5) is 0 Å². The summed E-state index contributed by atoms with van der Waals surface area (Å²) in [7, 11) is 1.68. The van der Waals surface area contributed by atoms with Gasteiger partial charge < -0.3 is 14.4 Å². The summed E-state index contributed by atoms with van der Waals surface area (Å²) in [6.07, 6.45) is 0.641. The monoisotopic (exact) mass is 261 g/mol. The van der Waals surface area contributed by atoms with E-state index >= 15 is 0 Å². The molecule has 1 aromatic carbocycles. The van der Waals surface area contributed by atoms with Gasteiger partial charge in [-0.2, -0.15) is 0 Å². The van der Waals surface area contributed by atoms with Crippen molar-refractivity contribution in [1.29, 1.82) is 0 Å². The number of aromatic nitrogens is 1. The van der Waals surface area contributed by atoms with Crippen LogP contribution in [0.2, 0.25) is 0 Å². The molecule has 0 bridgehead atoms. The highest BCUT2D eigenvalue weighted by molar-refractivity contribution is 5.83. The fraction of sp³-hybridized carbons (Fsp3) is 0.500. The fourth-order valence-electron chi connectivity index (χ4n) is 2.59. The molecule has 1 heterocycles. The predicted octanol–water partition coefficient (Wildman–Crippen LogP) is 3.54. The van der Waals surface area contributed by atoms with Gasteiger partial charge >= 0.3 is 0 Å². The molecule has 2 rings (SSSR count). The number of hydrogen-bond acceptors (Lipinski definition) is 2. The molecule has 0 saturated heterocycles. The van der Waals surface area contributed by atoms with E-state index in [1.54, 1.807) is 7.11 Å². The number of ether oxygens (including phenoxy) is 1. The highest BCUT2D eigenvalue weighted by Gasteiger charge is 2.19. The van der Waals surface area contributed by atoms with E-state index in [1.165, 1.54) is 5.52 Å². The number of methoxy groups -OCH3 is 1. The van der Waals surface area contributed by atoms with Gasteiger partial charge in [0.15, 0.2) is 0 Å². The summed E-state index contributed by atoms with van der Waals surface area (Å²) in [4.78, 5) is 0. The van der Waals surface area contributed by atoms with E-state index < -0.39 is 5.60 Å². The number of fused-ring (bicyclic) bond motifs is 1. The molecule has 0 aliphatic heterocycles. The molecule has 0 radical (unpaired) electrons. The van der Waals surface area contributed by atoms with Gasteiger partial charge in [0.2, 0.25) is 0 Å². The Labute approximate surface area is 114 Å². The molecular formula is C16H23NO2. The van der Waals surface area contributed by atoms with E-state index in [9.17, 15) is 5.11 Å². The highest BCUT2D eigenvalue weighted by atomic mass is 16.5. The molecule has 0 atom stereocenters. The fourth-order valence-corrected chi connectivity index (χ4v) is 2.59. The van der Waals surface area contributed by atoms with Crippen molar-refractivity contribution in [3.63, 3.8) is 0 Å². The van der Waals surface area contributed by atoms with E-state index in [4.69, 9.17) is 4.74 Å². The topological polar surface area (TPSA) is 34.4 Å². The molecule has 104 valence electrons. The minimum atomic E-state index is -0.703. The first-order chi connectivity index (χ1) is 8.81. The first kappa shape index (κ1) is 13.9. The Kier molecular flexibility index (Phi) is 3.59. The van der Waals surface area contributed by atoms with E-state index in [1.807, 2.05) is 26.0 Å². The maximum absolute atomic E-state index is 10.1. The van der Waals surface area contributed by atoms with Crippen LogP contribution in [0.3, 0.4) is 0 Å². The minimum absolute atomic E-state index is 0.364. The molecule has 0 aliphatic rings. The van der Waals surface area contributed by atoms with Crippen LogP contribution in [0, 0.1) is 0 Å². The minimum Gasteiger partial charge on any atom is -0.497 e. The smallest absolute Gasteiger partial charge is 0.119 e. The van der Waals surface area contributed by atoms with Crippen molar-refractivity contribution >= 4 is 10.9 Å². The van der Waals surface area contributed by atoms with Crippen LogP contribution in [0.1, 0.15) is 39.4 Å². The number of benzene rings is 1. The van der Waals surface area contributed by atoms with Crippen molar-refractivity contribution in [3.05, 3.63) is 30.0 Å². The summed E-state index contributed by atoms with van der Waals surface area (Å²) in [6.45, 7) is 8.01. The van der Waals surface area contributed by atoms with Crippen LogP contribution >= 0.6 is 0 Å². The molecule has 1 N–H and O–H groups in total. The number of nitrogens with zero attached hydrogens (tertiary/aromatic N) is 1. The van der Waals surface area contributed by atoms with Gasteiger partial charge in [-0.15, -0.1) is 0 Å². The summed E-state index contributed by atoms with van der Waals surface area (Å²) in [6, 6.07) is 8.62. The Balaban J connectivity index is 2.59. The lowest BCUT2D eigenvalue weighted by atomic mass is 10.0. The molecule has 0 spiro atoms. The number of aliphatic hydroxyl groups is 1. The third kappa shape index (κ3) is 2.92. The van der Waals surface area contributed by atoms with Gasteiger partial charge in [0.1, 0.15) is 5.75 Å². The van der Waals surface area contributed by atoms with Gasteiger partial charge in [0, 0.05) is 29.1 Å². The summed E-state index contributed by atoms with van der Waals surface area (Å²) in [5, 5.41) is 11.2. The molecule has 3 nitrogen and oxygen atoms in total. The van der Waals surface area contributed by atoms with Gasteiger partial charge in [0.05, 0.1) is 12.7 Å². The number of hydrogen-bond donors (Lipinski definition) is 1. The Morgan fingerprint density at radius 1 is 1.26 bits per heavy atom. The lowest BCUT2D eigenvalue weighted by molar-refractivity contribution is 0.0789. The molecule has 0 unspecified atom stereocenters. The lowest BCUT2D eigenvalue weighted by Gasteiger charge is -2.21. The third-order valence-electron chi connectivity index (χ3n) is 3.26. The summed E-state index contributed by atoms with van der Waals surface area (Å²) >= 11 is 0. The van der Waals surface area contributed by atoms with Crippen molar-refractivity contribution in [3.8, 4) is 5.75 Å². The summed E-state index contributed by atoms with van der Waals surface area (Å²) in [5.74, 6) is 0.864. The van der Waals surface area contributed by atoms with Crippen LogP contribution in [0.25, 0.3) is 10.9 Å². The zero-order valence-corrected chi connectivity index (χ0v) is 12.4. The maximum atomic E-state index is 10.1. The first-order valence-corrected chi connectivity index (χ1v) is 6.72. The zero-order chi connectivity index (χ0) is 14.2. The third-order valence-corrected chi connectivity index (χ3v) is 3.26. The van der Waals surface area contributed by atoms with E-state index in [2.05, 4.69) is 30.5 Å². The summed E-state index contributed by atoms with van der Waals surface area (Å²) in [5.41, 5.74) is 1.64. The van der Waals surface area contributed by atoms with Gasteiger partial charge in [-0.05, 0) is 52.0 Å². The van der Waals surface area contributed by atoms with Crippen LogP contribution in [0.15, 0.2) is 24.3 Å². The molecule has 19 heavy (non-hydrogen) atoms.